The molecule has 0 spiro atoms. The average molecular weight is 294 g/mol. The molecular formula is C13H18N4S2. The van der Waals surface area contributed by atoms with Crippen molar-refractivity contribution in [2.75, 3.05) is 30.5 Å². The number of nitrogens with one attached hydrogen (secondary N) is 2. The topological polar surface area (TPSA) is 49.8 Å². The van der Waals surface area contributed by atoms with Crippen molar-refractivity contribution in [1.82, 2.24) is 9.97 Å². The molecule has 2 heterocycles. The molecule has 1 aliphatic carbocycles. The molecule has 6 heteroatoms. The standard InChI is InChI=1S/C13H18N4S2/c1-8-6-9-10(15-7-13(18-3)4-5-13)16-12(14-2)17-11(9)19-8/h6H,4-5,7H2,1-3H3,(H2,14,15,16,17). The minimum Gasteiger partial charge on any atom is -0.368 e. The minimum atomic E-state index is 0.433. The van der Waals surface area contributed by atoms with E-state index in [1.54, 1.807) is 11.3 Å². The summed E-state index contributed by atoms with van der Waals surface area (Å²) in [6, 6.07) is 2.17. The Morgan fingerprint density at radius 3 is 2.84 bits per heavy atom. The van der Waals surface area contributed by atoms with Crippen LogP contribution in [0, 0.1) is 6.92 Å². The van der Waals surface area contributed by atoms with Gasteiger partial charge < -0.3 is 10.6 Å². The van der Waals surface area contributed by atoms with E-state index < -0.39 is 0 Å². The van der Waals surface area contributed by atoms with Gasteiger partial charge in [0.05, 0.1) is 5.39 Å². The van der Waals surface area contributed by atoms with E-state index in [1.165, 1.54) is 17.7 Å². The third-order valence-corrected chi connectivity index (χ3v) is 5.92. The van der Waals surface area contributed by atoms with Crippen LogP contribution >= 0.6 is 23.1 Å². The van der Waals surface area contributed by atoms with Gasteiger partial charge in [0.2, 0.25) is 5.95 Å². The van der Waals surface area contributed by atoms with Crippen LogP contribution in [0.1, 0.15) is 17.7 Å². The fourth-order valence-corrected chi connectivity index (χ4v) is 3.73. The molecule has 0 bridgehead atoms. The van der Waals surface area contributed by atoms with Crippen molar-refractivity contribution in [3.63, 3.8) is 0 Å². The van der Waals surface area contributed by atoms with E-state index in [9.17, 15) is 0 Å². The van der Waals surface area contributed by atoms with Crippen LogP contribution in [0.5, 0.6) is 0 Å². The number of hydrogen-bond acceptors (Lipinski definition) is 6. The van der Waals surface area contributed by atoms with Gasteiger partial charge in [-0.2, -0.15) is 16.7 Å². The number of rotatable bonds is 5. The van der Waals surface area contributed by atoms with Gasteiger partial charge in [-0.1, -0.05) is 0 Å². The summed E-state index contributed by atoms with van der Waals surface area (Å²) in [4.78, 5) is 11.4. The Balaban J connectivity index is 1.92. The molecule has 3 rings (SSSR count). The zero-order valence-corrected chi connectivity index (χ0v) is 13.0. The van der Waals surface area contributed by atoms with Crippen LogP contribution in [0.2, 0.25) is 0 Å². The Bertz CT molecular complexity index is 604. The van der Waals surface area contributed by atoms with Gasteiger partial charge in [-0.15, -0.1) is 11.3 Å². The second kappa shape index (κ2) is 4.83. The highest BCUT2D eigenvalue weighted by Gasteiger charge is 2.41. The van der Waals surface area contributed by atoms with Crippen LogP contribution in [0.4, 0.5) is 11.8 Å². The summed E-state index contributed by atoms with van der Waals surface area (Å²) in [7, 11) is 1.86. The molecule has 102 valence electrons. The summed E-state index contributed by atoms with van der Waals surface area (Å²) in [5.74, 6) is 1.64. The summed E-state index contributed by atoms with van der Waals surface area (Å²) in [6.45, 7) is 3.10. The zero-order chi connectivity index (χ0) is 13.5. The van der Waals surface area contributed by atoms with Crippen LogP contribution in [0.15, 0.2) is 6.07 Å². The lowest BCUT2D eigenvalue weighted by atomic mass is 10.3. The van der Waals surface area contributed by atoms with E-state index in [1.807, 2.05) is 18.8 Å². The van der Waals surface area contributed by atoms with Gasteiger partial charge >= 0.3 is 0 Å². The summed E-state index contributed by atoms with van der Waals surface area (Å²) < 4.78 is 0.433. The SMILES string of the molecule is CNc1nc(NCC2(SC)CC2)c2cc(C)sc2n1. The predicted molar refractivity (Wildman–Crippen MR) is 85.7 cm³/mol. The highest BCUT2D eigenvalue weighted by molar-refractivity contribution is 8.00. The van der Waals surface area contributed by atoms with Gasteiger partial charge in [0.1, 0.15) is 10.6 Å². The monoisotopic (exact) mass is 294 g/mol. The smallest absolute Gasteiger partial charge is 0.225 e. The maximum absolute atomic E-state index is 4.56. The molecule has 0 radical (unpaired) electrons. The number of fused-ring (bicyclic) bond motifs is 1. The molecule has 1 aliphatic rings. The molecule has 2 aromatic heterocycles. The molecule has 4 nitrogen and oxygen atoms in total. The molecule has 0 atom stereocenters. The Labute approximate surface area is 121 Å². The largest absolute Gasteiger partial charge is 0.368 e. The maximum atomic E-state index is 4.56. The van der Waals surface area contributed by atoms with Crippen LogP contribution in [0.3, 0.4) is 0 Å². The fourth-order valence-electron chi connectivity index (χ4n) is 2.13. The van der Waals surface area contributed by atoms with E-state index in [2.05, 4.69) is 39.8 Å². The summed E-state index contributed by atoms with van der Waals surface area (Å²) >= 11 is 3.67. The molecule has 0 unspecified atom stereocenters. The second-order valence-electron chi connectivity index (χ2n) is 4.96. The molecule has 19 heavy (non-hydrogen) atoms. The first-order valence-corrected chi connectivity index (χ1v) is 8.45. The lowest BCUT2D eigenvalue weighted by molar-refractivity contribution is 0.941. The first kappa shape index (κ1) is 13.0. The Hall–Kier alpha value is -1.01. The van der Waals surface area contributed by atoms with Crippen molar-refractivity contribution in [3.8, 4) is 0 Å². The van der Waals surface area contributed by atoms with Crippen molar-refractivity contribution in [2.45, 2.75) is 24.5 Å². The highest BCUT2D eigenvalue weighted by atomic mass is 32.2. The predicted octanol–water partition coefficient (Wildman–Crippen LogP) is 3.35. The third-order valence-electron chi connectivity index (χ3n) is 3.56. The lowest BCUT2D eigenvalue weighted by Gasteiger charge is -2.14. The van der Waals surface area contributed by atoms with Gasteiger partial charge in [-0.05, 0) is 32.1 Å². The molecule has 1 saturated carbocycles. The highest BCUT2D eigenvalue weighted by Crippen LogP contribution is 2.47. The fraction of sp³-hybridized carbons (Fsp3) is 0.538. The van der Waals surface area contributed by atoms with Gasteiger partial charge in [0, 0.05) is 23.2 Å². The first-order valence-electron chi connectivity index (χ1n) is 6.41. The van der Waals surface area contributed by atoms with E-state index in [0.29, 0.717) is 10.7 Å². The van der Waals surface area contributed by atoms with E-state index in [4.69, 9.17) is 0 Å². The molecule has 2 N–H and O–H groups in total. The van der Waals surface area contributed by atoms with E-state index in [-0.39, 0.29) is 0 Å². The maximum Gasteiger partial charge on any atom is 0.225 e. The van der Waals surface area contributed by atoms with Crippen molar-refractivity contribution < 1.29 is 0 Å². The van der Waals surface area contributed by atoms with Crippen molar-refractivity contribution in [1.29, 1.82) is 0 Å². The molecule has 0 saturated heterocycles. The average Bonchev–Trinajstić information content (AvgIpc) is 3.10. The van der Waals surface area contributed by atoms with E-state index >= 15 is 0 Å². The Morgan fingerprint density at radius 1 is 1.42 bits per heavy atom. The minimum absolute atomic E-state index is 0.433. The van der Waals surface area contributed by atoms with Crippen molar-refractivity contribution in [2.24, 2.45) is 0 Å². The number of thiophene rings is 1. The lowest BCUT2D eigenvalue weighted by Crippen LogP contribution is -2.18. The number of aryl methyl sites for hydroxylation is 1. The summed E-state index contributed by atoms with van der Waals surface area (Å²) in [5.41, 5.74) is 0. The molecule has 1 fully saturated rings. The summed E-state index contributed by atoms with van der Waals surface area (Å²) in [6.07, 6.45) is 4.80. The molecular weight excluding hydrogens is 276 g/mol. The Morgan fingerprint density at radius 2 is 2.21 bits per heavy atom. The van der Waals surface area contributed by atoms with Crippen LogP contribution in [-0.4, -0.2) is 34.6 Å². The van der Waals surface area contributed by atoms with Gasteiger partial charge in [0.15, 0.2) is 0 Å². The molecule has 0 aromatic carbocycles. The van der Waals surface area contributed by atoms with Crippen LogP contribution < -0.4 is 10.6 Å². The Kier molecular flexibility index (Phi) is 3.30. The number of anilines is 2. The van der Waals surface area contributed by atoms with E-state index in [0.717, 1.165) is 22.6 Å². The molecule has 0 amide bonds. The van der Waals surface area contributed by atoms with Crippen molar-refractivity contribution in [3.05, 3.63) is 10.9 Å². The number of thioether (sulfide) groups is 1. The normalized spacial score (nSPS) is 16.6. The second-order valence-corrected chi connectivity index (χ2v) is 7.47. The van der Waals surface area contributed by atoms with Crippen LogP contribution in [0.25, 0.3) is 10.2 Å². The first-order chi connectivity index (χ1) is 9.15. The summed E-state index contributed by atoms with van der Waals surface area (Å²) in [5, 5.41) is 7.70. The van der Waals surface area contributed by atoms with Gasteiger partial charge in [0.25, 0.3) is 0 Å². The number of nitrogens with zero attached hydrogens (tertiary/aromatic N) is 2. The molecule has 0 aliphatic heterocycles. The van der Waals surface area contributed by atoms with Gasteiger partial charge in [-0.3, -0.25) is 0 Å². The van der Waals surface area contributed by atoms with Crippen molar-refractivity contribution >= 4 is 45.1 Å². The number of hydrogen-bond donors (Lipinski definition) is 2. The zero-order valence-electron chi connectivity index (χ0n) is 11.4. The quantitative estimate of drug-likeness (QED) is 0.885. The van der Waals surface area contributed by atoms with Crippen LogP contribution in [-0.2, 0) is 0 Å². The third kappa shape index (κ3) is 2.51. The van der Waals surface area contributed by atoms with Gasteiger partial charge in [-0.25, -0.2) is 4.98 Å². The molecule has 2 aromatic rings. The number of aromatic nitrogens is 2.